The van der Waals surface area contributed by atoms with E-state index < -0.39 is 23.9 Å². The Balaban J connectivity index is 0.000000697. The van der Waals surface area contributed by atoms with E-state index in [4.69, 9.17) is 19.9 Å². The number of aldehydes is 1. The molecule has 1 unspecified atom stereocenters. The molecule has 2 aromatic carbocycles. The zero-order valence-electron chi connectivity index (χ0n) is 21.4. The molecule has 2 rings (SSSR count). The van der Waals surface area contributed by atoms with Gasteiger partial charge in [0.1, 0.15) is 17.8 Å². The van der Waals surface area contributed by atoms with Crippen LogP contribution in [0.5, 0.6) is 0 Å². The number of nitrogens with two attached hydrogens (primary N) is 1. The predicted octanol–water partition coefficient (Wildman–Crippen LogP) is 3.82. The number of hydrogen-bond acceptors (Lipinski definition) is 8. The van der Waals surface area contributed by atoms with Crippen molar-refractivity contribution in [2.45, 2.75) is 58.2 Å². The van der Waals surface area contributed by atoms with E-state index in [1.807, 2.05) is 60.7 Å². The fourth-order valence-corrected chi connectivity index (χ4v) is 2.78. The van der Waals surface area contributed by atoms with Gasteiger partial charge in [0, 0.05) is 0 Å². The van der Waals surface area contributed by atoms with Crippen molar-refractivity contribution in [3.05, 3.63) is 71.8 Å². The molecule has 0 radical (unpaired) electrons. The number of methoxy groups -OCH3 is 1. The van der Waals surface area contributed by atoms with Gasteiger partial charge in [0.2, 0.25) is 0 Å². The van der Waals surface area contributed by atoms with Gasteiger partial charge < -0.3 is 34.2 Å². The van der Waals surface area contributed by atoms with E-state index >= 15 is 0 Å². The number of primary amides is 1. The molecule has 1 amide bonds. The van der Waals surface area contributed by atoms with Gasteiger partial charge in [-0.25, -0.2) is 4.79 Å². The summed E-state index contributed by atoms with van der Waals surface area (Å²) >= 11 is 0. The number of hydrogen-bond donors (Lipinski definition) is 1. The van der Waals surface area contributed by atoms with Crippen LogP contribution in [0.2, 0.25) is 0 Å². The summed E-state index contributed by atoms with van der Waals surface area (Å²) in [7, 11) is 1.33. The molecule has 0 aromatic heterocycles. The van der Waals surface area contributed by atoms with Gasteiger partial charge >= 0.3 is 12.1 Å². The monoisotopic (exact) mass is 503 g/mol. The standard InChI is InChI=1S/C22H26O6.C5H11NO2/c1-25-22(24)12-13-26-17-21(28-16-19-10-6-3-7-11-19)20(14-23)27-15-18-8-4-2-5-9-18;1-5(2,3)8-4(6)7/h2-11,14,20-21H,12-13,15-17H2,1H3;1-3H3,(H2,6,7)/t20-,21?;/m0./s1. The Morgan fingerprint density at radius 1 is 0.917 bits per heavy atom. The zero-order valence-corrected chi connectivity index (χ0v) is 21.4. The number of carbonyl (C=O) groups excluding carboxylic acids is 3. The van der Waals surface area contributed by atoms with Gasteiger partial charge in [-0.3, -0.25) is 4.79 Å². The molecular weight excluding hydrogens is 466 g/mol. The summed E-state index contributed by atoms with van der Waals surface area (Å²) in [4.78, 5) is 32.8. The number of benzene rings is 2. The van der Waals surface area contributed by atoms with Crippen molar-refractivity contribution < 1.29 is 38.1 Å². The molecule has 0 bridgehead atoms. The van der Waals surface area contributed by atoms with Gasteiger partial charge in [0.25, 0.3) is 0 Å². The summed E-state index contributed by atoms with van der Waals surface area (Å²) in [5.74, 6) is -0.353. The highest BCUT2D eigenvalue weighted by Gasteiger charge is 2.23. The Labute approximate surface area is 212 Å². The predicted molar refractivity (Wildman–Crippen MR) is 134 cm³/mol. The van der Waals surface area contributed by atoms with Gasteiger partial charge in [-0.2, -0.15) is 0 Å². The first-order valence-corrected chi connectivity index (χ1v) is 11.5. The van der Waals surface area contributed by atoms with Crippen LogP contribution < -0.4 is 5.73 Å². The highest BCUT2D eigenvalue weighted by atomic mass is 16.6. The molecule has 0 aliphatic rings. The molecule has 0 spiro atoms. The fraction of sp³-hybridized carbons (Fsp3) is 0.444. The Hall–Kier alpha value is -3.27. The third-order valence-corrected chi connectivity index (χ3v) is 4.46. The lowest BCUT2D eigenvalue weighted by Gasteiger charge is -2.24. The lowest BCUT2D eigenvalue weighted by atomic mass is 10.2. The molecular formula is C27H37NO8. The lowest BCUT2D eigenvalue weighted by Crippen LogP contribution is -2.37. The number of amides is 1. The van der Waals surface area contributed by atoms with Gasteiger partial charge in [0.15, 0.2) is 6.29 Å². The van der Waals surface area contributed by atoms with E-state index in [-0.39, 0.29) is 32.2 Å². The molecule has 0 fully saturated rings. The smallest absolute Gasteiger partial charge is 0.405 e. The second kappa shape index (κ2) is 17.2. The van der Waals surface area contributed by atoms with Crippen LogP contribution in [0.25, 0.3) is 0 Å². The largest absolute Gasteiger partial charge is 0.469 e. The van der Waals surface area contributed by atoms with E-state index in [9.17, 15) is 14.4 Å². The maximum absolute atomic E-state index is 11.6. The number of carbonyl (C=O) groups is 3. The van der Waals surface area contributed by atoms with E-state index in [0.717, 1.165) is 17.4 Å². The molecule has 0 heterocycles. The molecule has 2 N–H and O–H groups in total. The van der Waals surface area contributed by atoms with E-state index in [1.165, 1.54) is 7.11 Å². The second-order valence-corrected chi connectivity index (χ2v) is 8.67. The molecule has 0 aliphatic heterocycles. The maximum atomic E-state index is 11.6. The lowest BCUT2D eigenvalue weighted by molar-refractivity contribution is -0.146. The molecule has 198 valence electrons. The van der Waals surface area contributed by atoms with Crippen LogP contribution in [0.4, 0.5) is 4.79 Å². The van der Waals surface area contributed by atoms with Crippen molar-refractivity contribution in [2.75, 3.05) is 20.3 Å². The van der Waals surface area contributed by atoms with Gasteiger partial charge in [-0.1, -0.05) is 60.7 Å². The van der Waals surface area contributed by atoms with Crippen LogP contribution >= 0.6 is 0 Å². The van der Waals surface area contributed by atoms with Crippen molar-refractivity contribution in [3.8, 4) is 0 Å². The van der Waals surface area contributed by atoms with Crippen LogP contribution in [0.1, 0.15) is 38.3 Å². The first-order valence-electron chi connectivity index (χ1n) is 11.5. The molecule has 0 aliphatic carbocycles. The molecule has 2 aromatic rings. The Bertz CT molecular complexity index is 884. The average molecular weight is 504 g/mol. The SMILES string of the molecule is CC(C)(C)OC(N)=O.COC(=O)CCOCC(OCc1ccccc1)[C@H](C=O)OCc1ccccc1. The fourth-order valence-electron chi connectivity index (χ4n) is 2.78. The van der Waals surface area contributed by atoms with Gasteiger partial charge in [-0.05, 0) is 31.9 Å². The topological polar surface area (TPSA) is 123 Å². The van der Waals surface area contributed by atoms with Gasteiger partial charge in [0.05, 0.1) is 40.0 Å². The zero-order chi connectivity index (χ0) is 26.8. The molecule has 2 atom stereocenters. The van der Waals surface area contributed by atoms with Crippen molar-refractivity contribution in [2.24, 2.45) is 5.73 Å². The van der Waals surface area contributed by atoms with Crippen LogP contribution in [0, 0.1) is 0 Å². The van der Waals surface area contributed by atoms with Gasteiger partial charge in [-0.15, -0.1) is 0 Å². The number of rotatable bonds is 13. The Morgan fingerprint density at radius 3 is 1.86 bits per heavy atom. The molecule has 0 saturated carbocycles. The van der Waals surface area contributed by atoms with Crippen LogP contribution in [-0.2, 0) is 46.5 Å². The number of esters is 1. The van der Waals surface area contributed by atoms with Crippen LogP contribution in [0.3, 0.4) is 0 Å². The normalized spacial score (nSPS) is 12.4. The quantitative estimate of drug-likeness (QED) is 0.249. The first-order chi connectivity index (χ1) is 17.1. The first kappa shape index (κ1) is 30.8. The highest BCUT2D eigenvalue weighted by molar-refractivity contribution is 5.69. The third kappa shape index (κ3) is 14.9. The van der Waals surface area contributed by atoms with E-state index in [2.05, 4.69) is 9.47 Å². The number of ether oxygens (including phenoxy) is 5. The third-order valence-electron chi connectivity index (χ3n) is 4.46. The molecule has 9 nitrogen and oxygen atoms in total. The molecule has 0 saturated heterocycles. The molecule has 36 heavy (non-hydrogen) atoms. The van der Waals surface area contributed by atoms with Crippen molar-refractivity contribution in [1.29, 1.82) is 0 Å². The minimum atomic E-state index is -0.790. The summed E-state index contributed by atoms with van der Waals surface area (Å²) < 4.78 is 26.4. The minimum Gasteiger partial charge on any atom is -0.469 e. The highest BCUT2D eigenvalue weighted by Crippen LogP contribution is 2.12. The summed E-state index contributed by atoms with van der Waals surface area (Å²) in [6, 6.07) is 19.2. The summed E-state index contributed by atoms with van der Waals surface area (Å²) in [6.45, 7) is 6.21. The summed E-state index contributed by atoms with van der Waals surface area (Å²) in [6.07, 6.45) is -1.25. The van der Waals surface area contributed by atoms with Crippen molar-refractivity contribution >= 4 is 18.3 Å². The maximum Gasteiger partial charge on any atom is 0.405 e. The minimum absolute atomic E-state index is 0.127. The van der Waals surface area contributed by atoms with Crippen LogP contribution in [0.15, 0.2) is 60.7 Å². The average Bonchev–Trinajstić information content (AvgIpc) is 2.84. The molecule has 9 heteroatoms. The summed E-state index contributed by atoms with van der Waals surface area (Å²) in [5, 5.41) is 0. The van der Waals surface area contributed by atoms with E-state index in [1.54, 1.807) is 20.8 Å². The Morgan fingerprint density at radius 2 is 1.44 bits per heavy atom. The Kier molecular flexibility index (Phi) is 14.7. The van der Waals surface area contributed by atoms with Crippen molar-refractivity contribution in [1.82, 2.24) is 0 Å². The van der Waals surface area contributed by atoms with Crippen LogP contribution in [-0.4, -0.2) is 56.5 Å². The second-order valence-electron chi connectivity index (χ2n) is 8.67. The van der Waals surface area contributed by atoms with E-state index in [0.29, 0.717) is 6.61 Å². The summed E-state index contributed by atoms with van der Waals surface area (Å²) in [5.41, 5.74) is 6.21. The van der Waals surface area contributed by atoms with Crippen molar-refractivity contribution in [3.63, 3.8) is 0 Å².